The molecular formula is C9H18N4OS. The van der Waals surface area contributed by atoms with Gasteiger partial charge in [-0.15, -0.1) is 10.2 Å². The minimum Gasteiger partial charge on any atom is -0.383 e. The van der Waals surface area contributed by atoms with Crippen molar-refractivity contribution in [3.05, 3.63) is 5.01 Å². The van der Waals surface area contributed by atoms with E-state index in [1.807, 2.05) is 7.05 Å². The highest BCUT2D eigenvalue weighted by atomic mass is 32.1. The standard InChI is InChI=1S/C9H18N4OS/c1-7(6-14-4)13(3)5-8-11-12-9(10-2)15-8/h7H,5-6H2,1-4H3,(H,10,12). The molecule has 86 valence electrons. The Hall–Kier alpha value is -0.720. The molecule has 5 nitrogen and oxygen atoms in total. The summed E-state index contributed by atoms with van der Waals surface area (Å²) in [6, 6.07) is 0.386. The van der Waals surface area contributed by atoms with Crippen molar-refractivity contribution in [3.63, 3.8) is 0 Å². The van der Waals surface area contributed by atoms with Gasteiger partial charge in [-0.05, 0) is 14.0 Å². The Kier molecular flexibility index (Phi) is 4.93. The highest BCUT2D eigenvalue weighted by molar-refractivity contribution is 7.15. The monoisotopic (exact) mass is 230 g/mol. The van der Waals surface area contributed by atoms with E-state index >= 15 is 0 Å². The van der Waals surface area contributed by atoms with Gasteiger partial charge in [-0.2, -0.15) is 0 Å². The average molecular weight is 230 g/mol. The Morgan fingerprint density at radius 3 is 2.80 bits per heavy atom. The number of likely N-dealkylation sites (N-methyl/N-ethyl adjacent to an activating group) is 1. The number of hydrogen-bond acceptors (Lipinski definition) is 6. The molecule has 0 radical (unpaired) electrons. The van der Waals surface area contributed by atoms with E-state index in [1.54, 1.807) is 18.4 Å². The Morgan fingerprint density at radius 2 is 2.27 bits per heavy atom. The van der Waals surface area contributed by atoms with E-state index in [1.165, 1.54) is 0 Å². The molecule has 1 heterocycles. The highest BCUT2D eigenvalue weighted by Crippen LogP contribution is 2.16. The highest BCUT2D eigenvalue weighted by Gasteiger charge is 2.11. The Balaban J connectivity index is 2.46. The van der Waals surface area contributed by atoms with Crippen LogP contribution in [0.3, 0.4) is 0 Å². The lowest BCUT2D eigenvalue weighted by Gasteiger charge is -2.22. The number of methoxy groups -OCH3 is 1. The van der Waals surface area contributed by atoms with Gasteiger partial charge in [0.2, 0.25) is 5.13 Å². The summed E-state index contributed by atoms with van der Waals surface area (Å²) < 4.78 is 5.10. The van der Waals surface area contributed by atoms with Crippen LogP contribution in [0.1, 0.15) is 11.9 Å². The fourth-order valence-corrected chi connectivity index (χ4v) is 1.91. The molecule has 1 unspecified atom stereocenters. The third kappa shape index (κ3) is 3.73. The second-order valence-corrected chi connectivity index (χ2v) is 4.53. The second-order valence-electron chi connectivity index (χ2n) is 3.47. The molecule has 1 aromatic heterocycles. The zero-order chi connectivity index (χ0) is 11.3. The summed E-state index contributed by atoms with van der Waals surface area (Å²) in [6.45, 7) is 3.67. The number of nitrogens with one attached hydrogen (secondary N) is 1. The summed E-state index contributed by atoms with van der Waals surface area (Å²) in [7, 11) is 5.63. The van der Waals surface area contributed by atoms with Crippen molar-refractivity contribution in [2.45, 2.75) is 19.5 Å². The topological polar surface area (TPSA) is 50.3 Å². The van der Waals surface area contributed by atoms with Crippen molar-refractivity contribution in [3.8, 4) is 0 Å². The van der Waals surface area contributed by atoms with Crippen LogP contribution >= 0.6 is 11.3 Å². The van der Waals surface area contributed by atoms with Crippen molar-refractivity contribution in [2.24, 2.45) is 0 Å². The molecule has 6 heteroatoms. The van der Waals surface area contributed by atoms with Gasteiger partial charge in [-0.25, -0.2) is 0 Å². The molecule has 1 N–H and O–H groups in total. The van der Waals surface area contributed by atoms with Gasteiger partial charge in [-0.3, -0.25) is 4.90 Å². The van der Waals surface area contributed by atoms with E-state index in [0.717, 1.165) is 23.3 Å². The summed E-state index contributed by atoms with van der Waals surface area (Å²) in [5, 5.41) is 12.9. The number of aromatic nitrogens is 2. The lowest BCUT2D eigenvalue weighted by atomic mass is 10.3. The molecule has 0 bridgehead atoms. The molecule has 0 amide bonds. The van der Waals surface area contributed by atoms with E-state index in [4.69, 9.17) is 4.74 Å². The van der Waals surface area contributed by atoms with Crippen molar-refractivity contribution >= 4 is 16.5 Å². The number of anilines is 1. The Labute approximate surface area is 94.5 Å². The first-order valence-corrected chi connectivity index (χ1v) is 5.68. The van der Waals surface area contributed by atoms with Crippen LogP contribution in [0, 0.1) is 0 Å². The number of nitrogens with zero attached hydrogens (tertiary/aromatic N) is 3. The van der Waals surface area contributed by atoms with Crippen molar-refractivity contribution < 1.29 is 4.74 Å². The fraction of sp³-hybridized carbons (Fsp3) is 0.778. The largest absolute Gasteiger partial charge is 0.383 e. The van der Waals surface area contributed by atoms with Gasteiger partial charge in [0.25, 0.3) is 0 Å². The Morgan fingerprint density at radius 1 is 1.53 bits per heavy atom. The summed E-state index contributed by atoms with van der Waals surface area (Å²) in [5.74, 6) is 0. The number of rotatable bonds is 6. The van der Waals surface area contributed by atoms with Crippen molar-refractivity contribution in [2.75, 3.05) is 33.1 Å². The van der Waals surface area contributed by atoms with Crippen LogP contribution in [-0.2, 0) is 11.3 Å². The van der Waals surface area contributed by atoms with E-state index in [0.29, 0.717) is 6.04 Å². The maximum Gasteiger partial charge on any atom is 0.205 e. The van der Waals surface area contributed by atoms with Crippen LogP contribution in [0.5, 0.6) is 0 Å². The Bertz CT molecular complexity index is 291. The van der Waals surface area contributed by atoms with Crippen LogP contribution < -0.4 is 5.32 Å². The zero-order valence-electron chi connectivity index (χ0n) is 9.65. The van der Waals surface area contributed by atoms with Gasteiger partial charge in [0, 0.05) is 20.2 Å². The SMILES string of the molecule is CNc1nnc(CN(C)C(C)COC)s1. The van der Waals surface area contributed by atoms with Crippen LogP contribution in [0.15, 0.2) is 0 Å². The first-order valence-electron chi connectivity index (χ1n) is 4.86. The molecule has 0 saturated heterocycles. The zero-order valence-corrected chi connectivity index (χ0v) is 10.5. The summed E-state index contributed by atoms with van der Waals surface area (Å²) in [6.07, 6.45) is 0. The molecule has 0 aliphatic carbocycles. The summed E-state index contributed by atoms with van der Waals surface area (Å²) in [4.78, 5) is 2.20. The molecule has 1 rings (SSSR count). The van der Waals surface area contributed by atoms with E-state index in [2.05, 4.69) is 34.4 Å². The van der Waals surface area contributed by atoms with Gasteiger partial charge >= 0.3 is 0 Å². The van der Waals surface area contributed by atoms with Crippen LogP contribution in [0.4, 0.5) is 5.13 Å². The first-order chi connectivity index (χ1) is 7.17. The third-order valence-electron chi connectivity index (χ3n) is 2.23. The fourth-order valence-electron chi connectivity index (χ4n) is 1.16. The van der Waals surface area contributed by atoms with Gasteiger partial charge in [0.15, 0.2) is 0 Å². The van der Waals surface area contributed by atoms with Gasteiger partial charge in [0.1, 0.15) is 5.01 Å². The van der Waals surface area contributed by atoms with Crippen LogP contribution in [0.2, 0.25) is 0 Å². The quantitative estimate of drug-likeness (QED) is 0.791. The third-order valence-corrected chi connectivity index (χ3v) is 3.15. The first kappa shape index (κ1) is 12.4. The minimum atomic E-state index is 0.386. The predicted octanol–water partition coefficient (Wildman–Crippen LogP) is 1.05. The van der Waals surface area contributed by atoms with Crippen molar-refractivity contribution in [1.82, 2.24) is 15.1 Å². The molecule has 0 saturated carbocycles. The van der Waals surface area contributed by atoms with Crippen molar-refractivity contribution in [1.29, 1.82) is 0 Å². The van der Waals surface area contributed by atoms with E-state index < -0.39 is 0 Å². The molecule has 0 aromatic carbocycles. The molecule has 1 atom stereocenters. The normalized spacial score (nSPS) is 13.1. The predicted molar refractivity (Wildman–Crippen MR) is 62.3 cm³/mol. The lowest BCUT2D eigenvalue weighted by molar-refractivity contribution is 0.112. The average Bonchev–Trinajstić information content (AvgIpc) is 2.66. The second kappa shape index (κ2) is 5.99. The minimum absolute atomic E-state index is 0.386. The molecule has 1 aromatic rings. The van der Waals surface area contributed by atoms with Crippen LogP contribution in [0.25, 0.3) is 0 Å². The van der Waals surface area contributed by atoms with E-state index in [9.17, 15) is 0 Å². The van der Waals surface area contributed by atoms with Crippen LogP contribution in [-0.4, -0.2) is 49.0 Å². The molecule has 15 heavy (non-hydrogen) atoms. The summed E-state index contributed by atoms with van der Waals surface area (Å²) in [5.41, 5.74) is 0. The molecule has 0 aliphatic rings. The number of ether oxygens (including phenoxy) is 1. The molecule has 0 spiro atoms. The maximum atomic E-state index is 5.10. The molecular weight excluding hydrogens is 212 g/mol. The van der Waals surface area contributed by atoms with Gasteiger partial charge < -0.3 is 10.1 Å². The summed E-state index contributed by atoms with van der Waals surface area (Å²) >= 11 is 1.58. The smallest absolute Gasteiger partial charge is 0.205 e. The molecule has 0 aliphatic heterocycles. The lowest BCUT2D eigenvalue weighted by Crippen LogP contribution is -2.32. The van der Waals surface area contributed by atoms with E-state index in [-0.39, 0.29) is 0 Å². The molecule has 0 fully saturated rings. The number of hydrogen-bond donors (Lipinski definition) is 1. The maximum absolute atomic E-state index is 5.10. The van der Waals surface area contributed by atoms with Gasteiger partial charge in [-0.1, -0.05) is 11.3 Å². The van der Waals surface area contributed by atoms with Gasteiger partial charge in [0.05, 0.1) is 13.2 Å².